The van der Waals surface area contributed by atoms with Gasteiger partial charge in [0.05, 0.1) is 31.6 Å². The van der Waals surface area contributed by atoms with Crippen molar-refractivity contribution in [1.82, 2.24) is 25.4 Å². The maximum atomic E-state index is 5.63. The number of rotatable bonds is 8. The number of ether oxygens (including phenoxy) is 1. The number of oxazole rings is 1. The zero-order chi connectivity index (χ0) is 23.0. The Morgan fingerprint density at radius 2 is 1.79 bits per heavy atom. The lowest BCUT2D eigenvalue weighted by molar-refractivity contribution is 0.414. The fourth-order valence-electron chi connectivity index (χ4n) is 3.22. The molecule has 178 valence electrons. The van der Waals surface area contributed by atoms with Gasteiger partial charge in [-0.05, 0) is 56.3 Å². The number of benzene rings is 2. The molecule has 0 saturated heterocycles. The van der Waals surface area contributed by atoms with Crippen LogP contribution in [0.15, 0.2) is 76.5 Å². The van der Waals surface area contributed by atoms with Crippen LogP contribution in [0.3, 0.4) is 0 Å². The van der Waals surface area contributed by atoms with Crippen molar-refractivity contribution in [2.75, 3.05) is 13.7 Å². The summed E-state index contributed by atoms with van der Waals surface area (Å²) in [6.07, 6.45) is 3.59. The molecular formula is C25H29IN6O2. The predicted octanol–water partition coefficient (Wildman–Crippen LogP) is 4.72. The third-order valence-corrected chi connectivity index (χ3v) is 5.01. The maximum Gasteiger partial charge on any atom is 0.226 e. The van der Waals surface area contributed by atoms with Gasteiger partial charge in [0.2, 0.25) is 5.89 Å². The number of halogens is 1. The van der Waals surface area contributed by atoms with E-state index in [1.54, 1.807) is 13.4 Å². The van der Waals surface area contributed by atoms with Crippen molar-refractivity contribution in [3.63, 3.8) is 0 Å². The highest BCUT2D eigenvalue weighted by molar-refractivity contribution is 14.0. The first kappa shape index (κ1) is 25.3. The maximum absolute atomic E-state index is 5.63. The van der Waals surface area contributed by atoms with Gasteiger partial charge in [-0.1, -0.05) is 17.7 Å². The highest BCUT2D eigenvalue weighted by Crippen LogP contribution is 2.19. The number of hydrogen-bond donors (Lipinski definition) is 2. The van der Waals surface area contributed by atoms with E-state index in [1.165, 1.54) is 5.56 Å². The number of hydrogen-bond acceptors (Lipinski definition) is 5. The van der Waals surface area contributed by atoms with Crippen molar-refractivity contribution in [1.29, 1.82) is 0 Å². The first-order valence-corrected chi connectivity index (χ1v) is 10.9. The Morgan fingerprint density at radius 1 is 1.03 bits per heavy atom. The lowest BCUT2D eigenvalue weighted by atomic mass is 10.1. The minimum absolute atomic E-state index is 0. The minimum atomic E-state index is 0. The third-order valence-electron chi connectivity index (χ3n) is 5.01. The summed E-state index contributed by atoms with van der Waals surface area (Å²) in [6.45, 7) is 5.78. The summed E-state index contributed by atoms with van der Waals surface area (Å²) < 4.78 is 12.7. The zero-order valence-corrected chi connectivity index (χ0v) is 21.8. The zero-order valence-electron chi connectivity index (χ0n) is 19.5. The van der Waals surface area contributed by atoms with Gasteiger partial charge in [-0.2, -0.15) is 5.10 Å². The molecule has 4 aromatic rings. The van der Waals surface area contributed by atoms with E-state index in [0.717, 1.165) is 34.9 Å². The van der Waals surface area contributed by atoms with Crippen LogP contribution >= 0.6 is 24.0 Å². The predicted molar refractivity (Wildman–Crippen MR) is 144 cm³/mol. The monoisotopic (exact) mass is 572 g/mol. The molecule has 0 atom stereocenters. The van der Waals surface area contributed by atoms with Crippen LogP contribution in [0.1, 0.15) is 23.9 Å². The molecule has 2 N–H and O–H groups in total. The number of aliphatic imine (C=N–C) groups is 1. The van der Waals surface area contributed by atoms with Crippen LogP contribution in [-0.4, -0.2) is 34.4 Å². The van der Waals surface area contributed by atoms with Gasteiger partial charge < -0.3 is 19.8 Å². The summed E-state index contributed by atoms with van der Waals surface area (Å²) in [4.78, 5) is 9.18. The molecule has 2 aromatic carbocycles. The molecule has 0 amide bonds. The summed E-state index contributed by atoms with van der Waals surface area (Å²) in [7, 11) is 1.65. The molecule has 34 heavy (non-hydrogen) atoms. The number of methoxy groups -OCH3 is 1. The van der Waals surface area contributed by atoms with Crippen LogP contribution < -0.4 is 15.4 Å². The Kier molecular flexibility index (Phi) is 9.08. The molecule has 0 saturated carbocycles. The highest BCUT2D eigenvalue weighted by atomic mass is 127. The molecule has 2 aromatic heterocycles. The van der Waals surface area contributed by atoms with Gasteiger partial charge in [0.25, 0.3) is 0 Å². The van der Waals surface area contributed by atoms with E-state index < -0.39 is 0 Å². The summed E-state index contributed by atoms with van der Waals surface area (Å²) in [5.41, 5.74) is 4.79. The van der Waals surface area contributed by atoms with Crippen LogP contribution in [0.4, 0.5) is 0 Å². The molecule has 8 nitrogen and oxygen atoms in total. The Balaban J connectivity index is 0.00000324. The lowest BCUT2D eigenvalue weighted by Gasteiger charge is -2.09. The SMILES string of the molecule is CCNC(=NCc1coc(-c2ccc(C)cc2)n1)NCc1ccn(-c2ccc(OC)cc2)n1.I. The summed E-state index contributed by atoms with van der Waals surface area (Å²) in [5, 5.41) is 11.2. The van der Waals surface area contributed by atoms with E-state index in [2.05, 4.69) is 32.6 Å². The van der Waals surface area contributed by atoms with Crippen molar-refractivity contribution in [3.05, 3.63) is 84.0 Å². The van der Waals surface area contributed by atoms with Crippen molar-refractivity contribution in [2.45, 2.75) is 26.9 Å². The number of nitrogens with one attached hydrogen (secondary N) is 2. The first-order valence-electron chi connectivity index (χ1n) is 10.9. The number of nitrogens with zero attached hydrogens (tertiary/aromatic N) is 4. The molecule has 0 spiro atoms. The van der Waals surface area contributed by atoms with Crippen molar-refractivity contribution in [2.24, 2.45) is 4.99 Å². The normalized spacial score (nSPS) is 11.1. The Bertz CT molecular complexity index is 1200. The second-order valence-electron chi connectivity index (χ2n) is 7.51. The minimum Gasteiger partial charge on any atom is -0.497 e. The Hall–Kier alpha value is -3.34. The average molecular weight is 572 g/mol. The molecule has 0 bridgehead atoms. The Morgan fingerprint density at radius 3 is 2.50 bits per heavy atom. The van der Waals surface area contributed by atoms with Gasteiger partial charge in [-0.25, -0.2) is 14.7 Å². The van der Waals surface area contributed by atoms with E-state index >= 15 is 0 Å². The van der Waals surface area contributed by atoms with E-state index in [9.17, 15) is 0 Å². The van der Waals surface area contributed by atoms with Gasteiger partial charge >= 0.3 is 0 Å². The fourth-order valence-corrected chi connectivity index (χ4v) is 3.22. The molecule has 0 radical (unpaired) electrons. The van der Waals surface area contributed by atoms with Crippen molar-refractivity contribution < 1.29 is 9.15 Å². The summed E-state index contributed by atoms with van der Waals surface area (Å²) >= 11 is 0. The number of aryl methyl sites for hydroxylation is 1. The van der Waals surface area contributed by atoms with Crippen LogP contribution in [0.2, 0.25) is 0 Å². The summed E-state index contributed by atoms with van der Waals surface area (Å²) in [5.74, 6) is 2.11. The van der Waals surface area contributed by atoms with Crippen LogP contribution in [0.5, 0.6) is 5.75 Å². The van der Waals surface area contributed by atoms with Gasteiger partial charge in [0, 0.05) is 18.3 Å². The smallest absolute Gasteiger partial charge is 0.226 e. The third kappa shape index (κ3) is 6.60. The fraction of sp³-hybridized carbons (Fsp3) is 0.240. The van der Waals surface area contributed by atoms with Crippen LogP contribution in [0.25, 0.3) is 17.1 Å². The molecule has 0 aliphatic rings. The molecule has 9 heteroatoms. The van der Waals surface area contributed by atoms with Gasteiger partial charge in [-0.3, -0.25) is 0 Å². The van der Waals surface area contributed by atoms with E-state index in [4.69, 9.17) is 9.15 Å². The first-order chi connectivity index (χ1) is 16.1. The molecule has 0 unspecified atom stereocenters. The second-order valence-corrected chi connectivity index (χ2v) is 7.51. The van der Waals surface area contributed by atoms with Crippen LogP contribution in [-0.2, 0) is 13.1 Å². The standard InChI is InChI=1S/C25H28N6O2.HI/c1-4-26-25(28-16-21-17-33-24(29-21)19-7-5-18(2)6-8-19)27-15-20-13-14-31(30-20)22-9-11-23(32-3)12-10-22;/h5-14,17H,4,15-16H2,1-3H3,(H2,26,27,28);1H. The molecule has 2 heterocycles. The van der Waals surface area contributed by atoms with Crippen molar-refractivity contribution >= 4 is 29.9 Å². The van der Waals surface area contributed by atoms with E-state index in [1.807, 2.05) is 72.4 Å². The number of guanidine groups is 1. The molecular weight excluding hydrogens is 543 g/mol. The molecule has 4 rings (SSSR count). The molecule has 0 aliphatic heterocycles. The van der Waals surface area contributed by atoms with E-state index in [-0.39, 0.29) is 24.0 Å². The van der Waals surface area contributed by atoms with Crippen molar-refractivity contribution in [3.8, 4) is 22.9 Å². The quantitative estimate of drug-likeness (QED) is 0.181. The van der Waals surface area contributed by atoms with Gasteiger partial charge in [-0.15, -0.1) is 24.0 Å². The van der Waals surface area contributed by atoms with Gasteiger partial charge in [0.1, 0.15) is 17.7 Å². The number of aromatic nitrogens is 3. The molecule has 0 aliphatic carbocycles. The lowest BCUT2D eigenvalue weighted by Crippen LogP contribution is -2.36. The second kappa shape index (κ2) is 12.2. The highest BCUT2D eigenvalue weighted by Gasteiger charge is 2.08. The average Bonchev–Trinajstić information content (AvgIpc) is 3.51. The largest absolute Gasteiger partial charge is 0.497 e. The Labute approximate surface area is 216 Å². The van der Waals surface area contributed by atoms with E-state index in [0.29, 0.717) is 24.9 Å². The van der Waals surface area contributed by atoms with Crippen LogP contribution in [0, 0.1) is 6.92 Å². The topological polar surface area (TPSA) is 89.5 Å². The van der Waals surface area contributed by atoms with Gasteiger partial charge in [0.15, 0.2) is 5.96 Å². The summed E-state index contributed by atoms with van der Waals surface area (Å²) in [6, 6.07) is 17.8. The molecule has 0 fully saturated rings.